The van der Waals surface area contributed by atoms with Gasteiger partial charge in [-0.15, -0.1) is 0 Å². The van der Waals surface area contributed by atoms with Crippen LogP contribution in [0.5, 0.6) is 0 Å². The van der Waals surface area contributed by atoms with E-state index < -0.39 is 0 Å². The van der Waals surface area contributed by atoms with Crippen molar-refractivity contribution in [2.24, 2.45) is 5.92 Å². The zero-order valence-electron chi connectivity index (χ0n) is 12.4. The number of nitrogens with zero attached hydrogens (tertiary/aromatic N) is 2. The number of halogens is 1. The highest BCUT2D eigenvalue weighted by atomic mass is 19.1. The van der Waals surface area contributed by atoms with Crippen molar-refractivity contribution >= 4 is 11.8 Å². The van der Waals surface area contributed by atoms with Crippen LogP contribution in [0.1, 0.15) is 30.7 Å². The summed E-state index contributed by atoms with van der Waals surface area (Å²) in [5.41, 5.74) is 1.02. The van der Waals surface area contributed by atoms with Crippen LogP contribution in [0.15, 0.2) is 24.3 Å². The van der Waals surface area contributed by atoms with Gasteiger partial charge >= 0.3 is 0 Å². The summed E-state index contributed by atoms with van der Waals surface area (Å²) in [7, 11) is 0. The number of carbonyl (C=O) groups is 2. The third-order valence-electron chi connectivity index (χ3n) is 4.96. The summed E-state index contributed by atoms with van der Waals surface area (Å²) in [4.78, 5) is 28.3. The van der Waals surface area contributed by atoms with E-state index in [1.54, 1.807) is 17.0 Å². The second-order valence-corrected chi connectivity index (χ2v) is 6.58. The van der Waals surface area contributed by atoms with Gasteiger partial charge in [0.25, 0.3) is 0 Å². The second kappa shape index (κ2) is 5.07. The Bertz CT molecular complexity index is 612. The lowest BCUT2D eigenvalue weighted by atomic mass is 10.1. The van der Waals surface area contributed by atoms with Crippen molar-refractivity contribution in [3.63, 3.8) is 0 Å². The minimum atomic E-state index is -0.255. The van der Waals surface area contributed by atoms with Gasteiger partial charge in [-0.1, -0.05) is 12.1 Å². The predicted octanol–water partition coefficient (Wildman–Crippen LogP) is 1.76. The van der Waals surface area contributed by atoms with Crippen LogP contribution in [0.3, 0.4) is 0 Å². The summed E-state index contributed by atoms with van der Waals surface area (Å²) in [6.07, 6.45) is 3.02. The number of rotatable bonds is 3. The fraction of sp³-hybridized carbons (Fsp3) is 0.529. The van der Waals surface area contributed by atoms with Gasteiger partial charge < -0.3 is 9.80 Å². The van der Waals surface area contributed by atoms with Crippen molar-refractivity contribution in [1.82, 2.24) is 9.80 Å². The van der Waals surface area contributed by atoms with Gasteiger partial charge in [0.2, 0.25) is 11.8 Å². The molecular weight excluding hydrogens is 283 g/mol. The Morgan fingerprint density at radius 3 is 2.50 bits per heavy atom. The van der Waals surface area contributed by atoms with Crippen LogP contribution in [0.2, 0.25) is 0 Å². The van der Waals surface area contributed by atoms with Gasteiger partial charge in [0.1, 0.15) is 5.82 Å². The van der Waals surface area contributed by atoms with E-state index in [4.69, 9.17) is 0 Å². The zero-order valence-corrected chi connectivity index (χ0v) is 12.4. The largest absolute Gasteiger partial charge is 0.336 e. The molecule has 1 aliphatic heterocycles. The molecule has 2 saturated carbocycles. The quantitative estimate of drug-likeness (QED) is 0.854. The molecule has 0 spiro atoms. The summed E-state index contributed by atoms with van der Waals surface area (Å²) in [6, 6.07) is 6.81. The number of hydrogen-bond acceptors (Lipinski definition) is 2. The lowest BCUT2D eigenvalue weighted by Gasteiger charge is -2.34. The van der Waals surface area contributed by atoms with Crippen LogP contribution in [-0.4, -0.2) is 47.3 Å². The molecule has 2 aliphatic carbocycles. The molecule has 1 aromatic carbocycles. The maximum atomic E-state index is 12.9. The summed E-state index contributed by atoms with van der Waals surface area (Å²) in [5.74, 6) is 0.0590. The monoisotopic (exact) mass is 302 g/mol. The summed E-state index contributed by atoms with van der Waals surface area (Å²) in [6.45, 7) is 1.54. The number of benzene rings is 1. The van der Waals surface area contributed by atoms with E-state index in [-0.39, 0.29) is 36.0 Å². The molecule has 116 valence electrons. The Morgan fingerprint density at radius 1 is 1.14 bits per heavy atom. The van der Waals surface area contributed by atoms with E-state index in [0.717, 1.165) is 24.8 Å². The molecule has 3 aliphatic rings. The maximum absolute atomic E-state index is 12.9. The lowest BCUT2D eigenvalue weighted by Crippen LogP contribution is -2.53. The normalized spacial score (nSPS) is 28.0. The van der Waals surface area contributed by atoms with Gasteiger partial charge in [-0.3, -0.25) is 9.59 Å². The van der Waals surface area contributed by atoms with Gasteiger partial charge in [-0.2, -0.15) is 0 Å². The first-order valence-corrected chi connectivity index (χ1v) is 7.97. The molecule has 1 saturated heterocycles. The number of hydrogen-bond donors (Lipinski definition) is 0. The molecule has 1 heterocycles. The third kappa shape index (κ3) is 2.49. The van der Waals surface area contributed by atoms with E-state index in [9.17, 15) is 14.0 Å². The summed E-state index contributed by atoms with van der Waals surface area (Å²) >= 11 is 0. The molecule has 2 atom stereocenters. The Hall–Kier alpha value is -1.91. The van der Waals surface area contributed by atoms with E-state index in [0.29, 0.717) is 19.1 Å². The van der Waals surface area contributed by atoms with E-state index >= 15 is 0 Å². The van der Waals surface area contributed by atoms with Crippen LogP contribution in [0.25, 0.3) is 0 Å². The van der Waals surface area contributed by atoms with Crippen LogP contribution in [0.4, 0.5) is 4.39 Å². The van der Waals surface area contributed by atoms with E-state index in [1.807, 2.05) is 4.90 Å². The molecule has 2 unspecified atom stereocenters. The molecule has 5 heteroatoms. The highest BCUT2D eigenvalue weighted by Gasteiger charge is 2.47. The molecule has 0 bridgehead atoms. The van der Waals surface area contributed by atoms with Gasteiger partial charge in [0, 0.05) is 25.0 Å². The number of piperazine rings is 1. The number of amides is 2. The second-order valence-electron chi connectivity index (χ2n) is 6.58. The molecule has 4 nitrogen and oxygen atoms in total. The lowest BCUT2D eigenvalue weighted by molar-refractivity contribution is -0.146. The molecule has 0 N–H and O–H groups in total. The molecule has 3 fully saturated rings. The molecule has 0 aromatic heterocycles. The number of carbonyl (C=O) groups excluding carboxylic acids is 2. The molecule has 22 heavy (non-hydrogen) atoms. The summed E-state index contributed by atoms with van der Waals surface area (Å²) in [5, 5.41) is 0. The van der Waals surface area contributed by atoms with Crippen molar-refractivity contribution in [2.75, 3.05) is 19.6 Å². The SMILES string of the molecule is O=C(C1CC1c1ccc(F)cc1)N1CCN(C2CC2)C(=O)C1. The first kappa shape index (κ1) is 13.7. The summed E-state index contributed by atoms with van der Waals surface area (Å²) < 4.78 is 12.9. The first-order valence-electron chi connectivity index (χ1n) is 7.97. The van der Waals surface area contributed by atoms with Gasteiger partial charge in [-0.05, 0) is 42.9 Å². The highest BCUT2D eigenvalue weighted by molar-refractivity contribution is 5.89. The molecule has 1 aromatic rings. The van der Waals surface area contributed by atoms with Crippen LogP contribution in [0, 0.1) is 11.7 Å². The third-order valence-corrected chi connectivity index (χ3v) is 4.96. The molecule has 0 radical (unpaired) electrons. The highest BCUT2D eigenvalue weighted by Crippen LogP contribution is 2.48. The molecular formula is C17H19FN2O2. The van der Waals surface area contributed by atoms with Gasteiger partial charge in [0.15, 0.2) is 0 Å². The minimum absolute atomic E-state index is 0.0364. The standard InChI is InChI=1S/C17H19FN2O2/c18-12-3-1-11(2-4-12)14-9-15(14)17(22)19-7-8-20(13-5-6-13)16(21)10-19/h1-4,13-15H,5-10H2. The zero-order chi connectivity index (χ0) is 15.3. The fourth-order valence-electron chi connectivity index (χ4n) is 3.43. The van der Waals surface area contributed by atoms with Gasteiger partial charge in [0.05, 0.1) is 6.54 Å². The predicted molar refractivity (Wildman–Crippen MR) is 78.6 cm³/mol. The van der Waals surface area contributed by atoms with E-state index in [1.165, 1.54) is 12.1 Å². The van der Waals surface area contributed by atoms with Crippen molar-refractivity contribution in [1.29, 1.82) is 0 Å². The van der Waals surface area contributed by atoms with Crippen LogP contribution in [-0.2, 0) is 9.59 Å². The first-order chi connectivity index (χ1) is 10.6. The Kier molecular flexibility index (Phi) is 3.17. The van der Waals surface area contributed by atoms with Crippen LogP contribution >= 0.6 is 0 Å². The Balaban J connectivity index is 1.37. The van der Waals surface area contributed by atoms with E-state index in [2.05, 4.69) is 0 Å². The molecule has 2 amide bonds. The maximum Gasteiger partial charge on any atom is 0.242 e. The van der Waals surface area contributed by atoms with Crippen LogP contribution < -0.4 is 0 Å². The average Bonchev–Trinajstić information content (AvgIpc) is 3.40. The topological polar surface area (TPSA) is 40.6 Å². The van der Waals surface area contributed by atoms with Gasteiger partial charge in [-0.25, -0.2) is 4.39 Å². The Morgan fingerprint density at radius 2 is 1.86 bits per heavy atom. The van der Waals surface area contributed by atoms with Crippen molar-refractivity contribution in [2.45, 2.75) is 31.2 Å². The van der Waals surface area contributed by atoms with Crippen molar-refractivity contribution in [3.05, 3.63) is 35.6 Å². The van der Waals surface area contributed by atoms with Crippen molar-refractivity contribution < 1.29 is 14.0 Å². The Labute approximate surface area is 128 Å². The fourth-order valence-corrected chi connectivity index (χ4v) is 3.43. The van der Waals surface area contributed by atoms with Crippen molar-refractivity contribution in [3.8, 4) is 0 Å². The minimum Gasteiger partial charge on any atom is -0.336 e. The average molecular weight is 302 g/mol. The smallest absolute Gasteiger partial charge is 0.242 e. The molecule has 4 rings (SSSR count).